The van der Waals surface area contributed by atoms with Gasteiger partial charge in [0.05, 0.1) is 5.56 Å². The third kappa shape index (κ3) is 4.24. The molecular weight excluding hydrogens is 381 g/mol. The number of hydrogen-bond acceptors (Lipinski definition) is 6. The van der Waals surface area contributed by atoms with Gasteiger partial charge < -0.3 is 14.5 Å². The second kappa shape index (κ2) is 8.01. The zero-order valence-corrected chi connectivity index (χ0v) is 15.3. The Morgan fingerprint density at radius 2 is 2.00 bits per heavy atom. The van der Waals surface area contributed by atoms with Gasteiger partial charge in [0.15, 0.2) is 6.61 Å². The highest BCUT2D eigenvalue weighted by molar-refractivity contribution is 7.08. The predicted octanol–water partition coefficient (Wildman–Crippen LogP) is 4.77. The number of halogens is 1. The van der Waals surface area contributed by atoms with E-state index in [2.05, 4.69) is 15.5 Å². The first-order chi connectivity index (χ1) is 13.7. The number of amides is 1. The second-order valence-corrected chi connectivity index (χ2v) is 6.57. The van der Waals surface area contributed by atoms with Gasteiger partial charge in [-0.25, -0.2) is 4.39 Å². The Morgan fingerprint density at radius 1 is 1.14 bits per heavy atom. The molecule has 1 amide bonds. The number of anilines is 1. The molecule has 0 aliphatic rings. The standard InChI is InChI=1S/C20H14FN3O3S/c21-15-6-4-13(5-7-15)20-24-23-18(27-20)11-26-17-3-1-2-16(10-17)22-19(25)14-8-9-28-12-14/h1-10,12H,11H2,(H,22,25). The first kappa shape index (κ1) is 17.9. The molecule has 0 aliphatic carbocycles. The van der Waals surface area contributed by atoms with Crippen molar-refractivity contribution in [3.8, 4) is 17.2 Å². The molecule has 4 aromatic rings. The number of aromatic nitrogens is 2. The van der Waals surface area contributed by atoms with Gasteiger partial charge in [-0.15, -0.1) is 10.2 Å². The largest absolute Gasteiger partial charge is 0.484 e. The highest BCUT2D eigenvalue weighted by atomic mass is 32.1. The van der Waals surface area contributed by atoms with Crippen LogP contribution in [-0.4, -0.2) is 16.1 Å². The van der Waals surface area contributed by atoms with Crippen LogP contribution in [0, 0.1) is 5.82 Å². The molecule has 0 saturated heterocycles. The lowest BCUT2D eigenvalue weighted by atomic mass is 10.2. The molecule has 28 heavy (non-hydrogen) atoms. The van der Waals surface area contributed by atoms with Crippen LogP contribution in [0.3, 0.4) is 0 Å². The Labute approximate surface area is 163 Å². The first-order valence-electron chi connectivity index (χ1n) is 8.32. The molecule has 0 fully saturated rings. The Morgan fingerprint density at radius 3 is 2.79 bits per heavy atom. The van der Waals surface area contributed by atoms with E-state index >= 15 is 0 Å². The van der Waals surface area contributed by atoms with E-state index in [4.69, 9.17) is 9.15 Å². The van der Waals surface area contributed by atoms with Crippen LogP contribution in [0.2, 0.25) is 0 Å². The van der Waals surface area contributed by atoms with Gasteiger partial charge in [0.1, 0.15) is 11.6 Å². The van der Waals surface area contributed by atoms with Crippen LogP contribution in [0.5, 0.6) is 5.75 Å². The van der Waals surface area contributed by atoms with Crippen LogP contribution in [0.25, 0.3) is 11.5 Å². The Bertz CT molecular complexity index is 1080. The lowest BCUT2D eigenvalue weighted by molar-refractivity contribution is 0.102. The van der Waals surface area contributed by atoms with Crippen molar-refractivity contribution in [2.24, 2.45) is 0 Å². The summed E-state index contributed by atoms with van der Waals surface area (Å²) in [5, 5.41) is 14.3. The van der Waals surface area contributed by atoms with E-state index < -0.39 is 0 Å². The smallest absolute Gasteiger partial charge is 0.256 e. The van der Waals surface area contributed by atoms with Crippen LogP contribution in [0.1, 0.15) is 16.2 Å². The van der Waals surface area contributed by atoms with Gasteiger partial charge in [0.2, 0.25) is 5.89 Å². The van der Waals surface area contributed by atoms with E-state index in [1.54, 1.807) is 47.8 Å². The molecule has 2 aromatic heterocycles. The molecule has 0 unspecified atom stereocenters. The molecule has 140 valence electrons. The van der Waals surface area contributed by atoms with Gasteiger partial charge in [-0.05, 0) is 47.8 Å². The summed E-state index contributed by atoms with van der Waals surface area (Å²) in [5.74, 6) is 0.601. The molecule has 0 radical (unpaired) electrons. The number of carbonyl (C=O) groups is 1. The number of rotatable bonds is 6. The van der Waals surface area contributed by atoms with Gasteiger partial charge in [0, 0.05) is 22.7 Å². The lowest BCUT2D eigenvalue weighted by Gasteiger charge is -2.07. The Balaban J connectivity index is 1.39. The summed E-state index contributed by atoms with van der Waals surface area (Å²) in [5.41, 5.74) is 1.85. The third-order valence-electron chi connectivity index (χ3n) is 3.80. The van der Waals surface area contributed by atoms with E-state index in [0.29, 0.717) is 22.6 Å². The molecular formula is C20H14FN3O3S. The zero-order chi connectivity index (χ0) is 19.3. The summed E-state index contributed by atoms with van der Waals surface area (Å²) in [4.78, 5) is 12.1. The molecule has 0 saturated carbocycles. The quantitative estimate of drug-likeness (QED) is 0.509. The number of hydrogen-bond donors (Lipinski definition) is 1. The highest BCUT2D eigenvalue weighted by Crippen LogP contribution is 2.21. The summed E-state index contributed by atoms with van der Waals surface area (Å²) in [7, 11) is 0. The maximum atomic E-state index is 13.0. The van der Waals surface area contributed by atoms with Gasteiger partial charge in [-0.2, -0.15) is 11.3 Å². The average Bonchev–Trinajstić information content (AvgIpc) is 3.40. The van der Waals surface area contributed by atoms with Crippen LogP contribution in [0.15, 0.2) is 69.8 Å². The summed E-state index contributed by atoms with van der Waals surface area (Å²) < 4.78 is 24.2. The molecule has 1 N–H and O–H groups in total. The van der Waals surface area contributed by atoms with E-state index in [-0.39, 0.29) is 30.1 Å². The summed E-state index contributed by atoms with van der Waals surface area (Å²) in [6, 6.07) is 14.6. The molecule has 6 nitrogen and oxygen atoms in total. The average molecular weight is 395 g/mol. The van der Waals surface area contributed by atoms with Crippen molar-refractivity contribution >= 4 is 22.9 Å². The molecule has 2 aromatic carbocycles. The fourth-order valence-electron chi connectivity index (χ4n) is 2.43. The van der Waals surface area contributed by atoms with E-state index in [0.717, 1.165) is 0 Å². The minimum Gasteiger partial charge on any atom is -0.484 e. The summed E-state index contributed by atoms with van der Waals surface area (Å²) >= 11 is 1.46. The van der Waals surface area contributed by atoms with Crippen LogP contribution in [0.4, 0.5) is 10.1 Å². The molecule has 2 heterocycles. The summed E-state index contributed by atoms with van der Waals surface area (Å²) in [6.07, 6.45) is 0. The van der Waals surface area contributed by atoms with Crippen molar-refractivity contribution in [2.75, 3.05) is 5.32 Å². The number of ether oxygens (including phenoxy) is 1. The van der Waals surface area contributed by atoms with Gasteiger partial charge in [-0.1, -0.05) is 6.07 Å². The zero-order valence-electron chi connectivity index (χ0n) is 14.5. The number of thiophene rings is 1. The van der Waals surface area contributed by atoms with Gasteiger partial charge in [-0.3, -0.25) is 4.79 Å². The lowest BCUT2D eigenvalue weighted by Crippen LogP contribution is -2.10. The van der Waals surface area contributed by atoms with Crippen molar-refractivity contribution in [1.29, 1.82) is 0 Å². The number of nitrogens with one attached hydrogen (secondary N) is 1. The van der Waals surface area contributed by atoms with Crippen LogP contribution in [-0.2, 0) is 6.61 Å². The van der Waals surface area contributed by atoms with Crippen molar-refractivity contribution in [3.05, 3.63) is 82.6 Å². The van der Waals surface area contributed by atoms with Gasteiger partial charge >= 0.3 is 0 Å². The van der Waals surface area contributed by atoms with E-state index in [9.17, 15) is 9.18 Å². The molecule has 4 rings (SSSR count). The molecule has 0 spiro atoms. The fraction of sp³-hybridized carbons (Fsp3) is 0.0500. The van der Waals surface area contributed by atoms with Crippen molar-refractivity contribution in [3.63, 3.8) is 0 Å². The SMILES string of the molecule is O=C(Nc1cccc(OCc2nnc(-c3ccc(F)cc3)o2)c1)c1ccsc1. The van der Waals surface area contributed by atoms with Gasteiger partial charge in [0.25, 0.3) is 11.8 Å². The topological polar surface area (TPSA) is 77.2 Å². The van der Waals surface area contributed by atoms with Crippen LogP contribution >= 0.6 is 11.3 Å². The highest BCUT2D eigenvalue weighted by Gasteiger charge is 2.10. The maximum absolute atomic E-state index is 13.0. The maximum Gasteiger partial charge on any atom is 0.256 e. The van der Waals surface area contributed by atoms with E-state index in [1.807, 2.05) is 5.38 Å². The minimum atomic E-state index is -0.335. The minimum absolute atomic E-state index is 0.0656. The van der Waals surface area contributed by atoms with Crippen molar-refractivity contribution < 1.29 is 18.3 Å². The number of benzene rings is 2. The Kier molecular flexibility index (Phi) is 5.11. The predicted molar refractivity (Wildman–Crippen MR) is 103 cm³/mol. The number of nitrogens with zero attached hydrogens (tertiary/aromatic N) is 2. The second-order valence-electron chi connectivity index (χ2n) is 5.79. The normalized spacial score (nSPS) is 10.6. The molecule has 0 atom stereocenters. The van der Waals surface area contributed by atoms with E-state index in [1.165, 1.54) is 23.5 Å². The van der Waals surface area contributed by atoms with Crippen molar-refractivity contribution in [1.82, 2.24) is 10.2 Å². The third-order valence-corrected chi connectivity index (χ3v) is 4.48. The molecule has 8 heteroatoms. The Hall–Kier alpha value is -3.52. The number of carbonyl (C=O) groups excluding carboxylic acids is 1. The fourth-order valence-corrected chi connectivity index (χ4v) is 3.06. The van der Waals surface area contributed by atoms with Crippen molar-refractivity contribution in [2.45, 2.75) is 6.61 Å². The summed E-state index contributed by atoms with van der Waals surface area (Å²) in [6.45, 7) is 0.0656. The first-order valence-corrected chi connectivity index (χ1v) is 9.26. The molecule has 0 aliphatic heterocycles. The molecule has 0 bridgehead atoms. The van der Waals surface area contributed by atoms with Crippen LogP contribution < -0.4 is 10.1 Å². The monoisotopic (exact) mass is 395 g/mol.